The predicted octanol–water partition coefficient (Wildman–Crippen LogP) is 5.80. The fourth-order valence-corrected chi connectivity index (χ4v) is 2.79. The summed E-state index contributed by atoms with van der Waals surface area (Å²) in [7, 11) is 0. The largest absolute Gasteiger partial charge is 0.0622 e. The molecule has 0 aromatic heterocycles. The molecular formula is C20H25. The second-order valence-corrected chi connectivity index (χ2v) is 5.48. The molecule has 2 rings (SSSR count). The highest BCUT2D eigenvalue weighted by molar-refractivity contribution is 5.20. The Hall–Kier alpha value is -1.56. The van der Waals surface area contributed by atoms with Gasteiger partial charge < -0.3 is 0 Å². The van der Waals surface area contributed by atoms with Crippen LogP contribution in [0.5, 0.6) is 0 Å². The summed E-state index contributed by atoms with van der Waals surface area (Å²) in [5.41, 5.74) is 2.95. The van der Waals surface area contributed by atoms with Gasteiger partial charge in [-0.3, -0.25) is 0 Å². The molecule has 0 heterocycles. The molecule has 1 atom stereocenters. The molecule has 0 aliphatic carbocycles. The Balaban J connectivity index is 1.78. The van der Waals surface area contributed by atoms with E-state index in [1.807, 2.05) is 0 Å². The van der Waals surface area contributed by atoms with E-state index in [9.17, 15) is 0 Å². The molecule has 0 heteroatoms. The molecular weight excluding hydrogens is 240 g/mol. The summed E-state index contributed by atoms with van der Waals surface area (Å²) in [5, 5.41) is 0. The molecule has 105 valence electrons. The first-order valence-electron chi connectivity index (χ1n) is 7.77. The molecule has 1 radical (unpaired) electrons. The van der Waals surface area contributed by atoms with Crippen LogP contribution in [0.4, 0.5) is 0 Å². The lowest BCUT2D eigenvalue weighted by molar-refractivity contribution is 0.564. The molecule has 2 aromatic rings. The summed E-state index contributed by atoms with van der Waals surface area (Å²) in [5.74, 6) is 0.692. The molecule has 0 N–H and O–H groups in total. The first kappa shape index (κ1) is 14.8. The minimum absolute atomic E-state index is 0.692. The lowest BCUT2D eigenvalue weighted by atomic mass is 9.89. The summed E-state index contributed by atoms with van der Waals surface area (Å²) in [6, 6.07) is 21.8. The maximum Gasteiger partial charge on any atom is -0.0159 e. The number of aryl methyl sites for hydroxylation is 1. The Morgan fingerprint density at radius 1 is 0.850 bits per heavy atom. The van der Waals surface area contributed by atoms with Gasteiger partial charge in [0.25, 0.3) is 0 Å². The van der Waals surface area contributed by atoms with Crippen LogP contribution < -0.4 is 0 Å². The van der Waals surface area contributed by atoms with E-state index in [0.29, 0.717) is 5.92 Å². The van der Waals surface area contributed by atoms with Gasteiger partial charge in [-0.1, -0.05) is 74.0 Å². The number of unbranched alkanes of at least 4 members (excludes halogenated alkanes) is 1. The molecule has 0 saturated carbocycles. The van der Waals surface area contributed by atoms with Crippen molar-refractivity contribution in [1.82, 2.24) is 0 Å². The van der Waals surface area contributed by atoms with Crippen molar-refractivity contribution in [3.63, 3.8) is 0 Å². The average molecular weight is 265 g/mol. The normalized spacial score (nSPS) is 12.2. The van der Waals surface area contributed by atoms with Crippen molar-refractivity contribution in [2.45, 2.75) is 44.9 Å². The molecule has 0 aliphatic rings. The van der Waals surface area contributed by atoms with E-state index in [1.165, 1.54) is 43.2 Å². The molecule has 20 heavy (non-hydrogen) atoms. The van der Waals surface area contributed by atoms with Crippen molar-refractivity contribution >= 4 is 0 Å². The van der Waals surface area contributed by atoms with Crippen LogP contribution in [0.1, 0.15) is 49.7 Å². The standard InChI is InChI=1S/C20H25/c1-2-11-19(20-15-7-4-8-16-20)17-10-9-14-18-12-5-3-6-13-18/h2-8,12-13,15-16,19H,9-11,14,17H2,1H3. The topological polar surface area (TPSA) is 0 Å². The van der Waals surface area contributed by atoms with Gasteiger partial charge in [0.2, 0.25) is 0 Å². The molecule has 0 saturated heterocycles. The zero-order valence-electron chi connectivity index (χ0n) is 12.5. The zero-order valence-corrected chi connectivity index (χ0v) is 12.5. The van der Waals surface area contributed by atoms with Gasteiger partial charge in [-0.15, -0.1) is 0 Å². The molecule has 0 fully saturated rings. The number of hydrogen-bond acceptors (Lipinski definition) is 0. The van der Waals surface area contributed by atoms with E-state index in [0.717, 1.165) is 0 Å². The van der Waals surface area contributed by atoms with Gasteiger partial charge in [-0.2, -0.15) is 0 Å². The summed E-state index contributed by atoms with van der Waals surface area (Å²) in [4.78, 5) is 0. The number of benzene rings is 2. The second-order valence-electron chi connectivity index (χ2n) is 5.48. The Labute approximate surface area is 123 Å². The van der Waals surface area contributed by atoms with Crippen molar-refractivity contribution < 1.29 is 0 Å². The molecule has 2 aromatic carbocycles. The first-order chi connectivity index (χ1) is 9.90. The lowest BCUT2D eigenvalue weighted by Gasteiger charge is -2.16. The fourth-order valence-electron chi connectivity index (χ4n) is 2.79. The van der Waals surface area contributed by atoms with Crippen LogP contribution in [0.2, 0.25) is 0 Å². The zero-order chi connectivity index (χ0) is 14.0. The van der Waals surface area contributed by atoms with Crippen LogP contribution in [0, 0.1) is 6.42 Å². The minimum atomic E-state index is 0.692. The molecule has 1 unspecified atom stereocenters. The third-order valence-electron chi connectivity index (χ3n) is 3.90. The van der Waals surface area contributed by atoms with Crippen LogP contribution in [0.3, 0.4) is 0 Å². The van der Waals surface area contributed by atoms with E-state index in [1.54, 1.807) is 0 Å². The fraction of sp³-hybridized carbons (Fsp3) is 0.350. The monoisotopic (exact) mass is 265 g/mol. The van der Waals surface area contributed by atoms with Crippen molar-refractivity contribution in [2.24, 2.45) is 0 Å². The van der Waals surface area contributed by atoms with E-state index < -0.39 is 0 Å². The third kappa shape index (κ3) is 4.85. The third-order valence-corrected chi connectivity index (χ3v) is 3.90. The predicted molar refractivity (Wildman–Crippen MR) is 87.8 cm³/mol. The average Bonchev–Trinajstić information content (AvgIpc) is 2.52. The smallest absolute Gasteiger partial charge is 0.0159 e. The van der Waals surface area contributed by atoms with Gasteiger partial charge in [-0.25, -0.2) is 0 Å². The van der Waals surface area contributed by atoms with Crippen LogP contribution in [0.15, 0.2) is 60.7 Å². The van der Waals surface area contributed by atoms with Crippen LogP contribution in [-0.4, -0.2) is 0 Å². The SMILES string of the molecule is C[CH]CC(CCCCc1ccccc1)c1ccccc1. The van der Waals surface area contributed by atoms with Crippen LogP contribution in [0.25, 0.3) is 0 Å². The second kappa shape index (κ2) is 8.58. The quantitative estimate of drug-likeness (QED) is 0.529. The number of rotatable bonds is 8. The molecule has 0 aliphatic heterocycles. The van der Waals surface area contributed by atoms with Gasteiger partial charge in [0.1, 0.15) is 0 Å². The van der Waals surface area contributed by atoms with E-state index >= 15 is 0 Å². The van der Waals surface area contributed by atoms with E-state index in [4.69, 9.17) is 0 Å². The van der Waals surface area contributed by atoms with E-state index in [2.05, 4.69) is 74.0 Å². The van der Waals surface area contributed by atoms with Gasteiger partial charge in [-0.05, 0) is 49.1 Å². The van der Waals surface area contributed by atoms with Crippen molar-refractivity contribution in [3.05, 3.63) is 78.2 Å². The molecule has 0 spiro atoms. The Kier molecular flexibility index (Phi) is 6.37. The summed E-state index contributed by atoms with van der Waals surface area (Å²) in [6.07, 6.45) is 8.59. The van der Waals surface area contributed by atoms with Crippen LogP contribution in [-0.2, 0) is 6.42 Å². The van der Waals surface area contributed by atoms with Crippen molar-refractivity contribution in [2.75, 3.05) is 0 Å². The Bertz CT molecular complexity index is 458. The highest BCUT2D eigenvalue weighted by atomic mass is 14.1. The van der Waals surface area contributed by atoms with E-state index in [-0.39, 0.29) is 0 Å². The highest BCUT2D eigenvalue weighted by Crippen LogP contribution is 2.26. The number of hydrogen-bond donors (Lipinski definition) is 0. The van der Waals surface area contributed by atoms with Gasteiger partial charge in [0.15, 0.2) is 0 Å². The lowest BCUT2D eigenvalue weighted by Crippen LogP contribution is -1.99. The highest BCUT2D eigenvalue weighted by Gasteiger charge is 2.09. The van der Waals surface area contributed by atoms with Gasteiger partial charge in [0, 0.05) is 0 Å². The minimum Gasteiger partial charge on any atom is -0.0622 e. The van der Waals surface area contributed by atoms with Crippen molar-refractivity contribution in [1.29, 1.82) is 0 Å². The van der Waals surface area contributed by atoms with Crippen LogP contribution >= 0.6 is 0 Å². The molecule has 0 nitrogen and oxygen atoms in total. The Morgan fingerprint density at radius 3 is 2.15 bits per heavy atom. The summed E-state index contributed by atoms with van der Waals surface area (Å²) >= 11 is 0. The summed E-state index contributed by atoms with van der Waals surface area (Å²) < 4.78 is 0. The van der Waals surface area contributed by atoms with Gasteiger partial charge >= 0.3 is 0 Å². The maximum atomic E-state index is 2.30. The van der Waals surface area contributed by atoms with Gasteiger partial charge in [0.05, 0.1) is 0 Å². The molecule has 0 bridgehead atoms. The van der Waals surface area contributed by atoms with Crippen molar-refractivity contribution in [3.8, 4) is 0 Å². The summed E-state index contributed by atoms with van der Waals surface area (Å²) in [6.45, 7) is 2.17. The Morgan fingerprint density at radius 2 is 1.50 bits per heavy atom. The maximum absolute atomic E-state index is 2.30. The first-order valence-corrected chi connectivity index (χ1v) is 7.77. The molecule has 0 amide bonds.